The van der Waals surface area contributed by atoms with E-state index in [1.165, 1.54) is 37.3 Å². The van der Waals surface area contributed by atoms with E-state index in [1.807, 2.05) is 0 Å². The predicted molar refractivity (Wildman–Crippen MR) is 95.2 cm³/mol. The third-order valence-corrected chi connectivity index (χ3v) is 4.52. The molecule has 25 heavy (non-hydrogen) atoms. The number of nitrogens with two attached hydrogens (primary N) is 1. The highest BCUT2D eigenvalue weighted by molar-refractivity contribution is 7.99. The monoisotopic (exact) mass is 379 g/mol. The first-order valence-corrected chi connectivity index (χ1v) is 8.14. The summed E-state index contributed by atoms with van der Waals surface area (Å²) in [5, 5.41) is 15.0. The molecule has 10 nitrogen and oxygen atoms in total. The maximum atomic E-state index is 11.1. The number of ether oxygens (including phenoxy) is 1. The zero-order valence-electron chi connectivity index (χ0n) is 12.8. The summed E-state index contributed by atoms with van der Waals surface area (Å²) in [6, 6.07) is 4.58. The number of hydrogen-bond donors (Lipinski definition) is 4. The molecule has 1 aromatic carbocycles. The number of thiocarbonyl (C=S) groups is 1. The summed E-state index contributed by atoms with van der Waals surface area (Å²) < 4.78 is 5.27. The molecule has 1 atom stereocenters. The van der Waals surface area contributed by atoms with Crippen LogP contribution >= 0.6 is 24.0 Å². The first kappa shape index (κ1) is 17.1. The highest BCUT2D eigenvalue weighted by atomic mass is 32.2. The first-order chi connectivity index (χ1) is 12.0. The summed E-state index contributed by atoms with van der Waals surface area (Å²) in [6.45, 7) is 0. The lowest BCUT2D eigenvalue weighted by Crippen LogP contribution is -2.45. The average molecular weight is 379 g/mol. The average Bonchev–Trinajstić information content (AvgIpc) is 2.75. The second-order valence-corrected chi connectivity index (χ2v) is 6.33. The van der Waals surface area contributed by atoms with E-state index in [0.29, 0.717) is 22.2 Å². The Hall–Kier alpha value is -2.70. The van der Waals surface area contributed by atoms with Gasteiger partial charge in [0.1, 0.15) is 23.2 Å². The molecule has 0 saturated heterocycles. The van der Waals surface area contributed by atoms with Crippen LogP contribution in [0.2, 0.25) is 0 Å². The maximum Gasteiger partial charge on any atom is 0.269 e. The topological polar surface area (TPSA) is 140 Å². The van der Waals surface area contributed by atoms with E-state index in [2.05, 4.69) is 26.1 Å². The van der Waals surface area contributed by atoms with E-state index in [9.17, 15) is 10.1 Å². The maximum absolute atomic E-state index is 11.1. The summed E-state index contributed by atoms with van der Waals surface area (Å²) in [5.41, 5.74) is 12.1. The van der Waals surface area contributed by atoms with Gasteiger partial charge in [0.15, 0.2) is 5.11 Å². The number of benzene rings is 1. The molecule has 0 spiro atoms. The van der Waals surface area contributed by atoms with Crippen molar-refractivity contribution in [1.29, 1.82) is 0 Å². The van der Waals surface area contributed by atoms with Crippen molar-refractivity contribution in [3.63, 3.8) is 0 Å². The number of fused-ring (bicyclic) bond motifs is 2. The summed E-state index contributed by atoms with van der Waals surface area (Å²) in [5.74, 6) is 0.349. The quantitative estimate of drug-likeness (QED) is 0.264. The van der Waals surface area contributed by atoms with E-state index in [-0.39, 0.29) is 10.8 Å². The largest absolute Gasteiger partial charge is 0.479 e. The van der Waals surface area contributed by atoms with E-state index in [4.69, 9.17) is 22.7 Å². The number of nitrogens with one attached hydrogen (secondary N) is 3. The molecule has 1 unspecified atom stereocenters. The van der Waals surface area contributed by atoms with Gasteiger partial charge in [-0.2, -0.15) is 4.98 Å². The summed E-state index contributed by atoms with van der Waals surface area (Å²) in [6.07, 6.45) is 0.795. The molecule has 130 valence electrons. The third kappa shape index (κ3) is 3.55. The van der Waals surface area contributed by atoms with Gasteiger partial charge >= 0.3 is 0 Å². The zero-order chi connectivity index (χ0) is 18.0. The summed E-state index contributed by atoms with van der Waals surface area (Å²) >= 11 is 6.15. The molecule has 5 N–H and O–H groups in total. The van der Waals surface area contributed by atoms with Crippen LogP contribution in [0.3, 0.4) is 0 Å². The van der Waals surface area contributed by atoms with Gasteiger partial charge in [-0.1, -0.05) is 11.8 Å². The fourth-order valence-electron chi connectivity index (χ4n) is 2.26. The highest BCUT2D eigenvalue weighted by Gasteiger charge is 2.27. The molecule has 1 aliphatic heterocycles. The predicted octanol–water partition coefficient (Wildman–Crippen LogP) is 1.31. The van der Waals surface area contributed by atoms with Gasteiger partial charge in [-0.15, -0.1) is 0 Å². The van der Waals surface area contributed by atoms with Crippen molar-refractivity contribution >= 4 is 40.5 Å². The number of anilines is 1. The van der Waals surface area contributed by atoms with Crippen molar-refractivity contribution in [2.75, 3.05) is 12.4 Å². The number of nitro benzene ring substituents is 1. The fourth-order valence-corrected chi connectivity index (χ4v) is 3.31. The molecule has 3 rings (SSSR count). The van der Waals surface area contributed by atoms with Crippen molar-refractivity contribution in [3.8, 4) is 5.88 Å². The number of methoxy groups -OCH3 is 1. The first-order valence-electron chi connectivity index (χ1n) is 6.92. The Morgan fingerprint density at radius 2 is 2.32 bits per heavy atom. The Labute approximate surface area is 151 Å². The number of nitrogens with zero attached hydrogens (tertiary/aromatic N) is 3. The molecule has 1 aliphatic rings. The Bertz CT molecular complexity index is 848. The number of aromatic nitrogens is 2. The Kier molecular flexibility index (Phi) is 4.83. The van der Waals surface area contributed by atoms with Gasteiger partial charge in [-0.3, -0.25) is 15.5 Å². The molecule has 0 radical (unpaired) electrons. The smallest absolute Gasteiger partial charge is 0.269 e. The van der Waals surface area contributed by atoms with Gasteiger partial charge in [0, 0.05) is 22.6 Å². The third-order valence-electron chi connectivity index (χ3n) is 3.32. The van der Waals surface area contributed by atoms with Crippen LogP contribution in [0.5, 0.6) is 5.88 Å². The van der Waals surface area contributed by atoms with Crippen LogP contribution in [-0.2, 0) is 0 Å². The molecule has 2 heterocycles. The minimum absolute atomic E-state index is 0.0298. The lowest BCUT2D eigenvalue weighted by Gasteiger charge is -2.22. The molecule has 0 aliphatic carbocycles. The van der Waals surface area contributed by atoms with Crippen LogP contribution < -0.4 is 26.6 Å². The van der Waals surface area contributed by atoms with E-state index in [0.717, 1.165) is 4.90 Å². The van der Waals surface area contributed by atoms with Gasteiger partial charge in [0.25, 0.3) is 5.69 Å². The lowest BCUT2D eigenvalue weighted by molar-refractivity contribution is -0.385. The summed E-state index contributed by atoms with van der Waals surface area (Å²) in [7, 11) is 1.49. The second-order valence-electron chi connectivity index (χ2n) is 4.86. The molecule has 0 amide bonds. The van der Waals surface area contributed by atoms with Crippen molar-refractivity contribution in [3.05, 3.63) is 40.2 Å². The molecule has 0 fully saturated rings. The van der Waals surface area contributed by atoms with Crippen molar-refractivity contribution in [1.82, 2.24) is 20.8 Å². The normalized spacial score (nSPS) is 15.2. The van der Waals surface area contributed by atoms with E-state index in [1.54, 1.807) is 6.07 Å². The van der Waals surface area contributed by atoms with Crippen LogP contribution in [-0.4, -0.2) is 27.1 Å². The number of hydrogen-bond acceptors (Lipinski definition) is 9. The van der Waals surface area contributed by atoms with Crippen molar-refractivity contribution < 1.29 is 9.66 Å². The molecular formula is C13H13N7O3S2. The molecular weight excluding hydrogens is 366 g/mol. The molecule has 0 bridgehead atoms. The fraction of sp³-hybridized carbons (Fsp3) is 0.154. The molecule has 12 heteroatoms. The molecule has 0 saturated carbocycles. The second kappa shape index (κ2) is 7.04. The summed E-state index contributed by atoms with van der Waals surface area (Å²) in [4.78, 5) is 19.8. The van der Waals surface area contributed by atoms with Crippen LogP contribution in [0.25, 0.3) is 0 Å². The minimum atomic E-state index is -0.593. The molecule has 2 aromatic rings. The Balaban J connectivity index is 2.09. The van der Waals surface area contributed by atoms with Crippen molar-refractivity contribution in [2.24, 2.45) is 5.73 Å². The van der Waals surface area contributed by atoms with Crippen LogP contribution in [0.15, 0.2) is 34.4 Å². The van der Waals surface area contributed by atoms with Crippen LogP contribution in [0.4, 0.5) is 11.4 Å². The van der Waals surface area contributed by atoms with E-state index < -0.39 is 11.1 Å². The van der Waals surface area contributed by atoms with Gasteiger partial charge in [0.05, 0.1) is 12.0 Å². The number of nitro groups is 1. The number of non-ortho nitro benzene ring substituents is 1. The van der Waals surface area contributed by atoms with Gasteiger partial charge < -0.3 is 15.8 Å². The molecule has 1 aromatic heterocycles. The Morgan fingerprint density at radius 3 is 3.00 bits per heavy atom. The van der Waals surface area contributed by atoms with Gasteiger partial charge in [-0.05, 0) is 18.3 Å². The van der Waals surface area contributed by atoms with E-state index >= 15 is 0 Å². The minimum Gasteiger partial charge on any atom is -0.479 e. The highest BCUT2D eigenvalue weighted by Crippen LogP contribution is 2.44. The number of rotatable bonds is 4. The zero-order valence-corrected chi connectivity index (χ0v) is 14.5. The van der Waals surface area contributed by atoms with Crippen LogP contribution in [0.1, 0.15) is 11.7 Å². The SMILES string of the molecule is COc1ncnc2c1NC(NNC(N)=S)c1cc([N+](=O)[O-])ccc1S2. The standard InChI is InChI=1S/C13H13N7O3S2/c1-23-11-9-12(16-5-15-11)25-8-3-2-6(20(21)22)4-7(8)10(17-9)18-19-13(14)24/h2-5,10,17-18H,1H3,(H3,14,19,24). The lowest BCUT2D eigenvalue weighted by atomic mass is 10.1. The van der Waals surface area contributed by atoms with Crippen molar-refractivity contribution in [2.45, 2.75) is 16.1 Å². The number of hydrazine groups is 1. The van der Waals surface area contributed by atoms with Crippen LogP contribution in [0, 0.1) is 10.1 Å². The Morgan fingerprint density at radius 1 is 1.52 bits per heavy atom. The van der Waals surface area contributed by atoms with Gasteiger partial charge in [0.2, 0.25) is 5.88 Å². The van der Waals surface area contributed by atoms with Gasteiger partial charge in [-0.25, -0.2) is 10.4 Å².